The van der Waals surface area contributed by atoms with Gasteiger partial charge in [0.1, 0.15) is 0 Å². The first-order valence-electron chi connectivity index (χ1n) is 8.15. The summed E-state index contributed by atoms with van der Waals surface area (Å²) in [6, 6.07) is 10.4. The third-order valence-electron chi connectivity index (χ3n) is 4.12. The van der Waals surface area contributed by atoms with E-state index in [0.29, 0.717) is 11.8 Å². The van der Waals surface area contributed by atoms with Gasteiger partial charge in [0.05, 0.1) is 5.75 Å². The van der Waals surface area contributed by atoms with Gasteiger partial charge in [-0.3, -0.25) is 4.79 Å². The van der Waals surface area contributed by atoms with Gasteiger partial charge in [0.25, 0.3) is 0 Å². The van der Waals surface area contributed by atoms with Gasteiger partial charge in [-0.05, 0) is 31.2 Å². The van der Waals surface area contributed by atoms with Gasteiger partial charge in [-0.1, -0.05) is 72.3 Å². The Balaban J connectivity index is 1.70. The Hall–Kier alpha value is -1.05. The molecule has 0 radical (unpaired) electrons. The van der Waals surface area contributed by atoms with Crippen LogP contribution in [0.5, 0.6) is 0 Å². The van der Waals surface area contributed by atoms with Gasteiger partial charge in [-0.2, -0.15) is 0 Å². The maximum atomic E-state index is 12.9. The van der Waals surface area contributed by atoms with Crippen LogP contribution < -0.4 is 4.90 Å². The monoisotopic (exact) mass is 379 g/mol. The van der Waals surface area contributed by atoms with Crippen LogP contribution in [0.4, 0.5) is 5.69 Å². The Morgan fingerprint density at radius 2 is 1.88 bits per heavy atom. The molecule has 7 heteroatoms. The molecule has 1 amide bonds. The summed E-state index contributed by atoms with van der Waals surface area (Å²) in [6.07, 6.45) is 7.88. The van der Waals surface area contributed by atoms with Gasteiger partial charge >= 0.3 is 0 Å². The maximum Gasteiger partial charge on any atom is 0.237 e. The molecule has 1 aromatic carbocycles. The number of nitrogens with zero attached hydrogens (tertiary/aromatic N) is 3. The molecule has 1 aliphatic rings. The summed E-state index contributed by atoms with van der Waals surface area (Å²) in [5.74, 6) is 0.577. The second kappa shape index (κ2) is 8.87. The molecule has 1 aliphatic carbocycles. The third-order valence-corrected chi connectivity index (χ3v) is 7.14. The van der Waals surface area contributed by atoms with Crippen molar-refractivity contribution in [1.82, 2.24) is 10.2 Å². The molecule has 0 N–H and O–H groups in total. The number of aromatic nitrogens is 2. The summed E-state index contributed by atoms with van der Waals surface area (Å²) in [5.41, 5.74) is 1.01. The highest BCUT2D eigenvalue weighted by Gasteiger charge is 2.27. The molecule has 128 valence electrons. The van der Waals surface area contributed by atoms with Crippen molar-refractivity contribution in [2.45, 2.75) is 46.8 Å². The van der Waals surface area contributed by atoms with Crippen molar-refractivity contribution < 1.29 is 4.79 Å². The lowest BCUT2D eigenvalue weighted by atomic mass is 9.93. The zero-order valence-electron chi connectivity index (χ0n) is 13.7. The SMILES string of the molecule is CSc1nnc(SCC(=O)N(c2ccccc2)C2CCCCC2)s1. The first-order chi connectivity index (χ1) is 11.8. The molecule has 0 saturated heterocycles. The number of thioether (sulfide) groups is 2. The molecule has 4 nitrogen and oxygen atoms in total. The highest BCUT2D eigenvalue weighted by atomic mass is 32.2. The number of para-hydroxylation sites is 1. The van der Waals surface area contributed by atoms with E-state index >= 15 is 0 Å². The molecular weight excluding hydrogens is 358 g/mol. The Labute approximate surface area is 155 Å². The fourth-order valence-electron chi connectivity index (χ4n) is 3.02. The first-order valence-corrected chi connectivity index (χ1v) is 11.2. The Kier molecular flexibility index (Phi) is 6.57. The van der Waals surface area contributed by atoms with E-state index in [-0.39, 0.29) is 5.91 Å². The topological polar surface area (TPSA) is 46.1 Å². The van der Waals surface area contributed by atoms with Crippen LogP contribution in [0, 0.1) is 0 Å². The largest absolute Gasteiger partial charge is 0.309 e. The van der Waals surface area contributed by atoms with Gasteiger partial charge in [-0.15, -0.1) is 10.2 Å². The number of benzene rings is 1. The van der Waals surface area contributed by atoms with Crippen molar-refractivity contribution in [3.8, 4) is 0 Å². The molecule has 3 rings (SSSR count). The summed E-state index contributed by atoms with van der Waals surface area (Å²) >= 11 is 4.63. The van der Waals surface area contributed by atoms with Gasteiger partial charge in [0.2, 0.25) is 5.91 Å². The number of rotatable bonds is 6. The second-order valence-corrected chi connectivity index (χ2v) is 8.97. The van der Waals surface area contributed by atoms with Gasteiger partial charge in [0, 0.05) is 11.7 Å². The number of amides is 1. The van der Waals surface area contributed by atoms with E-state index < -0.39 is 0 Å². The average molecular weight is 380 g/mol. The molecule has 2 aromatic rings. The lowest BCUT2D eigenvalue weighted by Crippen LogP contribution is -2.42. The summed E-state index contributed by atoms with van der Waals surface area (Å²) in [4.78, 5) is 15.0. The maximum absolute atomic E-state index is 12.9. The fraction of sp³-hybridized carbons (Fsp3) is 0.471. The zero-order valence-corrected chi connectivity index (χ0v) is 16.1. The summed E-state index contributed by atoms with van der Waals surface area (Å²) in [6.45, 7) is 0. The minimum Gasteiger partial charge on any atom is -0.309 e. The Morgan fingerprint density at radius 3 is 2.54 bits per heavy atom. The van der Waals surface area contributed by atoms with Crippen LogP contribution in [-0.4, -0.2) is 34.2 Å². The molecule has 0 unspecified atom stereocenters. The molecule has 0 spiro atoms. The van der Waals surface area contributed by atoms with Crippen molar-refractivity contribution >= 4 is 46.5 Å². The number of hydrogen-bond acceptors (Lipinski definition) is 6. The van der Waals surface area contributed by atoms with Crippen LogP contribution in [0.3, 0.4) is 0 Å². The smallest absolute Gasteiger partial charge is 0.237 e. The minimum atomic E-state index is 0.166. The third kappa shape index (κ3) is 4.52. The average Bonchev–Trinajstić information content (AvgIpc) is 3.10. The van der Waals surface area contributed by atoms with E-state index in [9.17, 15) is 4.79 Å². The van der Waals surface area contributed by atoms with E-state index in [4.69, 9.17) is 0 Å². The van der Waals surface area contributed by atoms with Crippen molar-refractivity contribution in [2.24, 2.45) is 0 Å². The second-order valence-electron chi connectivity index (χ2n) is 5.72. The predicted octanol–water partition coefficient (Wildman–Crippen LogP) is 4.72. The molecule has 24 heavy (non-hydrogen) atoms. The molecule has 1 fully saturated rings. The van der Waals surface area contributed by atoms with Crippen molar-refractivity contribution in [2.75, 3.05) is 16.9 Å². The van der Waals surface area contributed by atoms with Crippen molar-refractivity contribution in [3.63, 3.8) is 0 Å². The fourth-order valence-corrected chi connectivity index (χ4v) is 5.31. The number of anilines is 1. The van der Waals surface area contributed by atoms with E-state index in [1.807, 2.05) is 41.5 Å². The lowest BCUT2D eigenvalue weighted by molar-refractivity contribution is -0.116. The van der Waals surface area contributed by atoms with Gasteiger partial charge in [-0.25, -0.2) is 0 Å². The summed E-state index contributed by atoms with van der Waals surface area (Å²) in [5, 5.41) is 8.23. The van der Waals surface area contributed by atoms with E-state index in [1.54, 1.807) is 23.1 Å². The number of carbonyl (C=O) groups excluding carboxylic acids is 1. The van der Waals surface area contributed by atoms with Crippen LogP contribution in [0.1, 0.15) is 32.1 Å². The van der Waals surface area contributed by atoms with Crippen LogP contribution in [0.2, 0.25) is 0 Å². The van der Waals surface area contributed by atoms with Gasteiger partial charge in [0.15, 0.2) is 8.68 Å². The molecule has 1 saturated carbocycles. The van der Waals surface area contributed by atoms with Gasteiger partial charge < -0.3 is 4.90 Å². The first kappa shape index (κ1) is 17.8. The molecule has 1 aromatic heterocycles. The van der Waals surface area contributed by atoms with Crippen LogP contribution in [0.15, 0.2) is 39.0 Å². The molecule has 1 heterocycles. The standard InChI is InChI=1S/C17H21N3OS3/c1-22-16-18-19-17(24-16)23-12-15(21)20(13-8-4-2-5-9-13)14-10-6-3-7-11-14/h2,4-5,8-9,14H,3,6-7,10-12H2,1H3. The minimum absolute atomic E-state index is 0.166. The molecular formula is C17H21N3OS3. The zero-order chi connectivity index (χ0) is 16.8. The summed E-state index contributed by atoms with van der Waals surface area (Å²) < 4.78 is 1.81. The predicted molar refractivity (Wildman–Crippen MR) is 103 cm³/mol. The van der Waals surface area contributed by atoms with Crippen molar-refractivity contribution in [1.29, 1.82) is 0 Å². The molecule has 0 aliphatic heterocycles. The number of hydrogen-bond donors (Lipinski definition) is 0. The van der Waals surface area contributed by atoms with Crippen LogP contribution in [0.25, 0.3) is 0 Å². The van der Waals surface area contributed by atoms with E-state index in [0.717, 1.165) is 27.2 Å². The Morgan fingerprint density at radius 1 is 1.17 bits per heavy atom. The Bertz CT molecular complexity index is 656. The quantitative estimate of drug-likeness (QED) is 0.680. The van der Waals surface area contributed by atoms with Crippen LogP contribution >= 0.6 is 34.9 Å². The molecule has 0 atom stereocenters. The van der Waals surface area contributed by atoms with E-state index in [2.05, 4.69) is 10.2 Å². The highest BCUT2D eigenvalue weighted by molar-refractivity contribution is 8.03. The van der Waals surface area contributed by atoms with E-state index in [1.165, 1.54) is 31.0 Å². The van der Waals surface area contributed by atoms with Crippen molar-refractivity contribution in [3.05, 3.63) is 30.3 Å². The highest BCUT2D eigenvalue weighted by Crippen LogP contribution is 2.31. The normalized spacial score (nSPS) is 15.4. The van der Waals surface area contributed by atoms with Crippen LogP contribution in [-0.2, 0) is 4.79 Å². The molecule has 0 bridgehead atoms. The summed E-state index contributed by atoms with van der Waals surface area (Å²) in [7, 11) is 0. The lowest BCUT2D eigenvalue weighted by Gasteiger charge is -2.34. The number of carbonyl (C=O) groups is 1.